The first-order chi connectivity index (χ1) is 23.1. The fourth-order valence-electron chi connectivity index (χ4n) is 5.64. The SMILES string of the molecule is C=CC[C@]1(C#N)CCN(C(=O)OCc2ccccc2)[C@@H]1C.C=CC[C@]1(C=O)CCN(C(=O)OCc2ccccc2)[C@@H]1C.O=C=O.O=C=O. The molecule has 2 aliphatic rings. The molecule has 2 amide bonds. The van der Waals surface area contributed by atoms with Gasteiger partial charge in [0.05, 0.1) is 22.9 Å². The van der Waals surface area contributed by atoms with Crippen LogP contribution < -0.4 is 0 Å². The number of benzene rings is 2. The smallest absolute Gasteiger partial charge is 0.410 e. The summed E-state index contributed by atoms with van der Waals surface area (Å²) in [5.41, 5.74) is 0.849. The first-order valence-corrected chi connectivity index (χ1v) is 15.1. The summed E-state index contributed by atoms with van der Waals surface area (Å²) in [6.07, 6.45) is 6.73. The molecule has 0 N–H and O–H groups in total. The summed E-state index contributed by atoms with van der Waals surface area (Å²) in [6, 6.07) is 21.2. The monoisotopic (exact) mass is 659 g/mol. The standard InChI is InChI=1S/C17H20N2O2.C17H21NO3.2CO2/c1-3-9-17(13-18)10-11-19(14(17)2)16(20)21-12-15-7-5-4-6-8-15;1-3-9-17(13-19)10-11-18(14(17)2)16(20)21-12-15-7-5-4-6-8-15;2*2-1-3/h3-8,14H,1,9-12H2,2H3;3-8,13-14H,1,9-12H2,2H3;;/t2*14-,17-;;/m11../s1. The molecule has 2 fully saturated rings. The van der Waals surface area contributed by atoms with E-state index in [1.165, 1.54) is 0 Å². The number of hydrogen-bond acceptors (Lipinski definition) is 10. The molecule has 12 heteroatoms. The van der Waals surface area contributed by atoms with Gasteiger partial charge in [-0.2, -0.15) is 24.4 Å². The summed E-state index contributed by atoms with van der Waals surface area (Å²) >= 11 is 0. The maximum atomic E-state index is 12.2. The highest BCUT2D eigenvalue weighted by Crippen LogP contribution is 2.40. The van der Waals surface area contributed by atoms with Gasteiger partial charge in [-0.25, -0.2) is 9.59 Å². The van der Waals surface area contributed by atoms with Crippen LogP contribution in [-0.2, 0) is 46.7 Å². The molecule has 2 saturated heterocycles. The van der Waals surface area contributed by atoms with Gasteiger partial charge >= 0.3 is 24.5 Å². The Morgan fingerprint density at radius 3 is 1.60 bits per heavy atom. The molecule has 0 bridgehead atoms. The van der Waals surface area contributed by atoms with E-state index in [1.807, 2.05) is 74.5 Å². The van der Waals surface area contributed by atoms with Gasteiger partial charge in [-0.15, -0.1) is 13.2 Å². The molecule has 0 aromatic heterocycles. The molecule has 0 saturated carbocycles. The van der Waals surface area contributed by atoms with Gasteiger partial charge in [-0.1, -0.05) is 72.8 Å². The van der Waals surface area contributed by atoms with Gasteiger partial charge in [0.1, 0.15) is 19.5 Å². The van der Waals surface area contributed by atoms with Gasteiger partial charge in [-0.05, 0) is 50.7 Å². The molecule has 4 rings (SSSR count). The van der Waals surface area contributed by atoms with Crippen molar-refractivity contribution >= 4 is 30.8 Å². The Kier molecular flexibility index (Phi) is 17.9. The third-order valence-electron chi connectivity index (χ3n) is 8.55. The second kappa shape index (κ2) is 21.2. The van der Waals surface area contributed by atoms with Crippen LogP contribution in [-0.4, -0.2) is 65.7 Å². The third kappa shape index (κ3) is 11.3. The second-order valence-electron chi connectivity index (χ2n) is 11.1. The van der Waals surface area contributed by atoms with Crippen LogP contribution in [0.1, 0.15) is 50.7 Å². The number of carbonyl (C=O) groups is 3. The molecule has 0 unspecified atom stereocenters. The van der Waals surface area contributed by atoms with E-state index in [2.05, 4.69) is 19.2 Å². The van der Waals surface area contributed by atoms with E-state index in [9.17, 15) is 19.6 Å². The normalized spacial score (nSPS) is 21.8. The summed E-state index contributed by atoms with van der Waals surface area (Å²) < 4.78 is 10.7. The highest BCUT2D eigenvalue weighted by Gasteiger charge is 2.47. The van der Waals surface area contributed by atoms with Crippen molar-refractivity contribution in [1.29, 1.82) is 5.26 Å². The highest BCUT2D eigenvalue weighted by atomic mass is 16.6. The average Bonchev–Trinajstić information content (AvgIpc) is 3.61. The molecule has 2 aromatic rings. The fourth-order valence-corrected chi connectivity index (χ4v) is 5.64. The molecule has 0 spiro atoms. The van der Waals surface area contributed by atoms with Gasteiger partial charge in [-0.3, -0.25) is 0 Å². The third-order valence-corrected chi connectivity index (χ3v) is 8.55. The minimum absolute atomic E-state index is 0.163. The zero-order valence-corrected chi connectivity index (χ0v) is 27.2. The van der Waals surface area contributed by atoms with Crippen molar-refractivity contribution in [3.8, 4) is 6.07 Å². The molecule has 0 aliphatic carbocycles. The number of nitriles is 1. The first kappa shape index (κ1) is 40.4. The van der Waals surface area contributed by atoms with Crippen molar-refractivity contribution in [2.75, 3.05) is 13.1 Å². The van der Waals surface area contributed by atoms with Gasteiger partial charge in [0.15, 0.2) is 0 Å². The minimum Gasteiger partial charge on any atom is -0.445 e. The molecule has 2 heterocycles. The summed E-state index contributed by atoms with van der Waals surface area (Å²) in [4.78, 5) is 71.6. The lowest BCUT2D eigenvalue weighted by molar-refractivity contribution is -0.193. The second-order valence-corrected chi connectivity index (χ2v) is 11.1. The zero-order chi connectivity index (χ0) is 36.0. The summed E-state index contributed by atoms with van der Waals surface area (Å²) in [7, 11) is 0. The Hall–Kier alpha value is -5.62. The summed E-state index contributed by atoms with van der Waals surface area (Å²) in [5, 5.41) is 9.45. The van der Waals surface area contributed by atoms with Crippen LogP contribution in [0.3, 0.4) is 0 Å². The highest BCUT2D eigenvalue weighted by molar-refractivity contribution is 5.72. The lowest BCUT2D eigenvalue weighted by Crippen LogP contribution is -2.41. The van der Waals surface area contributed by atoms with Crippen molar-refractivity contribution in [3.63, 3.8) is 0 Å². The van der Waals surface area contributed by atoms with Gasteiger partial charge < -0.3 is 24.1 Å². The van der Waals surface area contributed by atoms with E-state index in [-0.39, 0.29) is 49.8 Å². The largest absolute Gasteiger partial charge is 0.445 e. The van der Waals surface area contributed by atoms with Crippen molar-refractivity contribution in [1.82, 2.24) is 9.80 Å². The number of ether oxygens (including phenoxy) is 2. The van der Waals surface area contributed by atoms with Crippen LogP contribution >= 0.6 is 0 Å². The molecular formula is C36H41N3O9. The first-order valence-electron chi connectivity index (χ1n) is 15.1. The number of hydrogen-bond donors (Lipinski definition) is 0. The van der Waals surface area contributed by atoms with Gasteiger partial charge in [0, 0.05) is 19.1 Å². The number of rotatable bonds is 9. The Balaban J connectivity index is 0.000000412. The lowest BCUT2D eigenvalue weighted by Gasteiger charge is -2.29. The predicted octanol–water partition coefficient (Wildman–Crippen LogP) is 5.52. The van der Waals surface area contributed by atoms with E-state index in [4.69, 9.17) is 28.7 Å². The number of nitrogens with zero attached hydrogens (tertiary/aromatic N) is 3. The Labute approximate surface area is 280 Å². The van der Waals surface area contributed by atoms with E-state index in [0.29, 0.717) is 38.8 Å². The number of carbonyl (C=O) groups excluding carboxylic acids is 7. The number of amides is 2. The molecule has 4 atom stereocenters. The van der Waals surface area contributed by atoms with E-state index in [0.717, 1.165) is 17.4 Å². The van der Waals surface area contributed by atoms with Crippen molar-refractivity contribution in [2.45, 2.75) is 64.8 Å². The van der Waals surface area contributed by atoms with Crippen LogP contribution in [0, 0.1) is 22.2 Å². The minimum atomic E-state index is -0.534. The van der Waals surface area contributed by atoms with Crippen LogP contribution in [0.25, 0.3) is 0 Å². The topological polar surface area (TPSA) is 168 Å². The summed E-state index contributed by atoms with van der Waals surface area (Å²) in [5.74, 6) is 0. The van der Waals surface area contributed by atoms with E-state index in [1.54, 1.807) is 22.0 Å². The fraction of sp³-hybridized carbons (Fsp3) is 0.389. The molecule has 48 heavy (non-hydrogen) atoms. The van der Waals surface area contributed by atoms with E-state index < -0.39 is 10.8 Å². The average molecular weight is 660 g/mol. The Bertz CT molecular complexity index is 1440. The molecule has 0 radical (unpaired) electrons. The molecular weight excluding hydrogens is 618 g/mol. The predicted molar refractivity (Wildman–Crippen MR) is 171 cm³/mol. The van der Waals surface area contributed by atoms with Crippen LogP contribution in [0.4, 0.5) is 9.59 Å². The zero-order valence-electron chi connectivity index (χ0n) is 27.2. The molecule has 2 aromatic carbocycles. The van der Waals surface area contributed by atoms with Crippen molar-refractivity contribution in [2.24, 2.45) is 10.8 Å². The Morgan fingerprint density at radius 2 is 1.21 bits per heavy atom. The van der Waals surface area contributed by atoms with Gasteiger partial charge in [0.2, 0.25) is 0 Å². The van der Waals surface area contributed by atoms with E-state index >= 15 is 0 Å². The summed E-state index contributed by atoms with van der Waals surface area (Å²) in [6.45, 7) is 12.8. The molecule has 254 valence electrons. The van der Waals surface area contributed by atoms with Crippen molar-refractivity contribution in [3.05, 3.63) is 97.1 Å². The van der Waals surface area contributed by atoms with Gasteiger partial charge in [0.25, 0.3) is 0 Å². The maximum absolute atomic E-state index is 12.2. The number of aldehydes is 1. The van der Waals surface area contributed by atoms with Crippen molar-refractivity contribution < 1.29 is 43.0 Å². The maximum Gasteiger partial charge on any atom is 0.410 e. The number of likely N-dealkylation sites (tertiary alicyclic amines) is 2. The lowest BCUT2D eigenvalue weighted by atomic mass is 9.79. The van der Waals surface area contributed by atoms with Crippen LogP contribution in [0.15, 0.2) is 86.0 Å². The molecule has 12 nitrogen and oxygen atoms in total. The quantitative estimate of drug-likeness (QED) is 0.247. The molecule has 2 aliphatic heterocycles. The Morgan fingerprint density at radius 1 is 0.792 bits per heavy atom. The van der Waals surface area contributed by atoms with Crippen LogP contribution in [0.5, 0.6) is 0 Å². The number of allylic oxidation sites excluding steroid dienone is 2. The van der Waals surface area contributed by atoms with Crippen LogP contribution in [0.2, 0.25) is 0 Å².